The van der Waals surface area contributed by atoms with Gasteiger partial charge in [0, 0.05) is 6.54 Å². The third-order valence-electron chi connectivity index (χ3n) is 3.06. The first kappa shape index (κ1) is 14.0. The molecule has 1 aliphatic rings. The molecule has 0 aliphatic carbocycles. The molecular weight excluding hydrogens is 258 g/mol. The van der Waals surface area contributed by atoms with Crippen molar-refractivity contribution in [1.82, 2.24) is 5.32 Å². The van der Waals surface area contributed by atoms with E-state index in [2.05, 4.69) is 15.8 Å². The smallest absolute Gasteiger partial charge is 0.307 e. The van der Waals surface area contributed by atoms with Gasteiger partial charge < -0.3 is 10.4 Å². The van der Waals surface area contributed by atoms with Crippen LogP contribution in [0.25, 0.3) is 0 Å². The molecule has 0 atom stereocenters. The number of hydrogen-bond acceptors (Lipinski definition) is 4. The number of carbonyl (C=O) groups excluding carboxylic acids is 1. The first-order valence-corrected chi connectivity index (χ1v) is 6.57. The minimum absolute atomic E-state index is 0.0831. The lowest BCUT2D eigenvalue weighted by molar-refractivity contribution is -0.136. The predicted octanol–water partition coefficient (Wildman–Crippen LogP) is 1.38. The van der Waals surface area contributed by atoms with Crippen molar-refractivity contribution in [2.75, 3.05) is 12.0 Å². The fourth-order valence-electron chi connectivity index (χ4n) is 2.02. The summed E-state index contributed by atoms with van der Waals surface area (Å²) in [7, 11) is 0. The number of hydrogen-bond donors (Lipinski definition) is 3. The van der Waals surface area contributed by atoms with Crippen LogP contribution in [0.15, 0.2) is 29.4 Å². The predicted molar refractivity (Wildman–Crippen MR) is 75.7 cm³/mol. The van der Waals surface area contributed by atoms with E-state index in [9.17, 15) is 9.59 Å². The lowest BCUT2D eigenvalue weighted by Gasteiger charge is -2.08. The summed E-state index contributed by atoms with van der Waals surface area (Å²) in [6, 6.07) is 7.04. The summed E-state index contributed by atoms with van der Waals surface area (Å²) >= 11 is 0. The molecule has 3 N–H and O–H groups in total. The van der Waals surface area contributed by atoms with Crippen LogP contribution in [0.4, 0.5) is 5.69 Å². The average Bonchev–Trinajstić information content (AvgIpc) is 2.62. The van der Waals surface area contributed by atoms with Gasteiger partial charge in [-0.25, -0.2) is 0 Å². The Kier molecular flexibility index (Phi) is 4.70. The third-order valence-corrected chi connectivity index (χ3v) is 3.06. The SMILES string of the molecule is O=C(O)Cc1ccccc1N/N=C1/CCCCNC1=O. The Morgan fingerprint density at radius 2 is 2.15 bits per heavy atom. The van der Waals surface area contributed by atoms with Gasteiger partial charge in [-0.2, -0.15) is 5.10 Å². The molecule has 1 aromatic carbocycles. The van der Waals surface area contributed by atoms with Gasteiger partial charge in [0.05, 0.1) is 12.1 Å². The topological polar surface area (TPSA) is 90.8 Å². The highest BCUT2D eigenvalue weighted by Crippen LogP contribution is 2.16. The van der Waals surface area contributed by atoms with Crippen LogP contribution in [0.5, 0.6) is 0 Å². The Hall–Kier alpha value is -2.37. The van der Waals surface area contributed by atoms with E-state index in [-0.39, 0.29) is 12.3 Å². The molecule has 1 aliphatic heterocycles. The van der Waals surface area contributed by atoms with E-state index in [1.54, 1.807) is 24.3 Å². The first-order valence-electron chi connectivity index (χ1n) is 6.57. The normalized spacial score (nSPS) is 17.4. The molecule has 6 nitrogen and oxygen atoms in total. The van der Waals surface area contributed by atoms with Gasteiger partial charge in [-0.3, -0.25) is 15.0 Å². The maximum atomic E-state index is 11.7. The fourth-order valence-corrected chi connectivity index (χ4v) is 2.02. The molecule has 1 amide bonds. The van der Waals surface area contributed by atoms with Gasteiger partial charge in [-0.05, 0) is 30.9 Å². The van der Waals surface area contributed by atoms with Gasteiger partial charge in [0.15, 0.2) is 0 Å². The van der Waals surface area contributed by atoms with E-state index >= 15 is 0 Å². The van der Waals surface area contributed by atoms with Crippen LogP contribution in [0, 0.1) is 0 Å². The molecular formula is C14H17N3O3. The highest BCUT2D eigenvalue weighted by atomic mass is 16.4. The average molecular weight is 275 g/mol. The van der Waals surface area contributed by atoms with Gasteiger partial charge in [0.2, 0.25) is 0 Å². The number of rotatable bonds is 4. The number of carboxylic acids is 1. The van der Waals surface area contributed by atoms with Gasteiger partial charge in [0.1, 0.15) is 5.71 Å². The van der Waals surface area contributed by atoms with Crippen molar-refractivity contribution >= 4 is 23.3 Å². The molecule has 0 aromatic heterocycles. The van der Waals surface area contributed by atoms with E-state index < -0.39 is 5.97 Å². The summed E-state index contributed by atoms with van der Waals surface area (Å²) in [6.45, 7) is 0.674. The first-order chi connectivity index (χ1) is 9.66. The molecule has 1 heterocycles. The van der Waals surface area contributed by atoms with Crippen LogP contribution >= 0.6 is 0 Å². The van der Waals surface area contributed by atoms with Crippen molar-refractivity contribution < 1.29 is 14.7 Å². The second-order valence-corrected chi connectivity index (χ2v) is 4.61. The van der Waals surface area contributed by atoms with Crippen molar-refractivity contribution in [1.29, 1.82) is 0 Å². The van der Waals surface area contributed by atoms with Gasteiger partial charge in [-0.15, -0.1) is 0 Å². The van der Waals surface area contributed by atoms with Crippen LogP contribution in [0.2, 0.25) is 0 Å². The molecule has 1 saturated heterocycles. The van der Waals surface area contributed by atoms with Crippen LogP contribution in [0.1, 0.15) is 24.8 Å². The third kappa shape index (κ3) is 3.81. The minimum atomic E-state index is -0.904. The van der Waals surface area contributed by atoms with Gasteiger partial charge in [0.25, 0.3) is 5.91 Å². The molecule has 0 radical (unpaired) electrons. The molecule has 20 heavy (non-hydrogen) atoms. The van der Waals surface area contributed by atoms with Crippen molar-refractivity contribution in [2.45, 2.75) is 25.7 Å². The van der Waals surface area contributed by atoms with Gasteiger partial charge in [-0.1, -0.05) is 18.2 Å². The summed E-state index contributed by atoms with van der Waals surface area (Å²) in [5, 5.41) is 15.8. The minimum Gasteiger partial charge on any atom is -0.481 e. The number of carboxylic acid groups (broad SMARTS) is 1. The van der Waals surface area contributed by atoms with Crippen LogP contribution < -0.4 is 10.7 Å². The van der Waals surface area contributed by atoms with E-state index in [1.807, 2.05) is 0 Å². The Balaban J connectivity index is 2.13. The number of benzene rings is 1. The zero-order valence-electron chi connectivity index (χ0n) is 11.1. The monoisotopic (exact) mass is 275 g/mol. The number of aliphatic carboxylic acids is 1. The summed E-state index contributed by atoms with van der Waals surface area (Å²) < 4.78 is 0. The maximum absolute atomic E-state index is 11.7. The van der Waals surface area contributed by atoms with E-state index in [0.717, 1.165) is 12.8 Å². The number of amides is 1. The molecule has 6 heteroatoms. The van der Waals surface area contributed by atoms with E-state index in [4.69, 9.17) is 5.11 Å². The molecule has 0 spiro atoms. The number of hydrazone groups is 1. The van der Waals surface area contributed by atoms with Crippen molar-refractivity contribution in [2.24, 2.45) is 5.10 Å². The summed E-state index contributed by atoms with van der Waals surface area (Å²) in [4.78, 5) is 22.5. The number of nitrogens with one attached hydrogen (secondary N) is 2. The Morgan fingerprint density at radius 3 is 2.95 bits per heavy atom. The fraction of sp³-hybridized carbons (Fsp3) is 0.357. The van der Waals surface area contributed by atoms with Crippen LogP contribution in [-0.4, -0.2) is 29.2 Å². The van der Waals surface area contributed by atoms with Gasteiger partial charge >= 0.3 is 5.97 Å². The quantitative estimate of drug-likeness (QED) is 0.724. The zero-order valence-corrected chi connectivity index (χ0v) is 11.1. The maximum Gasteiger partial charge on any atom is 0.307 e. The summed E-state index contributed by atoms with van der Waals surface area (Å²) in [5.41, 5.74) is 4.51. The van der Waals surface area contributed by atoms with E-state index in [0.29, 0.717) is 29.9 Å². The Morgan fingerprint density at radius 1 is 1.35 bits per heavy atom. The second kappa shape index (κ2) is 6.70. The molecule has 0 unspecified atom stereocenters. The number of nitrogens with zero attached hydrogens (tertiary/aromatic N) is 1. The largest absolute Gasteiger partial charge is 0.481 e. The van der Waals surface area contributed by atoms with Crippen molar-refractivity contribution in [3.63, 3.8) is 0 Å². The lowest BCUT2D eigenvalue weighted by Crippen LogP contribution is -2.29. The van der Waals surface area contributed by atoms with Crippen molar-refractivity contribution in [3.8, 4) is 0 Å². The standard InChI is InChI=1S/C14H17N3O3/c18-13(19)9-10-5-1-2-6-11(10)16-17-12-7-3-4-8-15-14(12)20/h1-2,5-6,16H,3-4,7-9H2,(H,15,20)(H,18,19)/b17-12-. The molecule has 1 aromatic rings. The highest BCUT2D eigenvalue weighted by molar-refractivity contribution is 6.39. The Labute approximate surface area is 116 Å². The highest BCUT2D eigenvalue weighted by Gasteiger charge is 2.14. The number of para-hydroxylation sites is 1. The van der Waals surface area contributed by atoms with E-state index in [1.165, 1.54) is 0 Å². The zero-order chi connectivity index (χ0) is 14.4. The van der Waals surface area contributed by atoms with Crippen molar-refractivity contribution in [3.05, 3.63) is 29.8 Å². The lowest BCUT2D eigenvalue weighted by atomic mass is 10.1. The molecule has 1 fully saturated rings. The number of carbonyl (C=O) groups is 2. The Bertz CT molecular complexity index is 540. The molecule has 0 saturated carbocycles. The number of anilines is 1. The van der Waals surface area contributed by atoms with Crippen LogP contribution in [-0.2, 0) is 16.0 Å². The molecule has 106 valence electrons. The second-order valence-electron chi connectivity index (χ2n) is 4.61. The van der Waals surface area contributed by atoms with Crippen LogP contribution in [0.3, 0.4) is 0 Å². The summed E-state index contributed by atoms with van der Waals surface area (Å²) in [5.74, 6) is -1.06. The summed E-state index contributed by atoms with van der Waals surface area (Å²) in [6.07, 6.45) is 2.40. The molecule has 2 rings (SSSR count). The molecule has 0 bridgehead atoms.